The molecule has 1 rings (SSSR count). The molecule has 0 amide bonds. The maximum absolute atomic E-state index is 12.4. The summed E-state index contributed by atoms with van der Waals surface area (Å²) < 4.78 is 28.4. The van der Waals surface area contributed by atoms with Crippen molar-refractivity contribution < 1.29 is 18.3 Å². The summed E-state index contributed by atoms with van der Waals surface area (Å²) in [7, 11) is -3.85. The van der Waals surface area contributed by atoms with Gasteiger partial charge in [0.15, 0.2) is 0 Å². The molecule has 0 saturated carbocycles. The number of carboxylic acids is 1. The number of nitrogens with zero attached hydrogens (tertiary/aromatic N) is 3. The molecule has 1 atom stereocenters. The maximum atomic E-state index is 12.4. The molecule has 0 spiro atoms. The van der Waals surface area contributed by atoms with Crippen LogP contribution in [-0.2, 0) is 21.4 Å². The van der Waals surface area contributed by atoms with E-state index in [1.165, 1.54) is 13.8 Å². The molecule has 0 aliphatic rings. The van der Waals surface area contributed by atoms with Crippen LogP contribution in [0.15, 0.2) is 4.90 Å². The second kappa shape index (κ2) is 6.69. The van der Waals surface area contributed by atoms with Crippen molar-refractivity contribution in [1.82, 2.24) is 14.5 Å². The van der Waals surface area contributed by atoms with Gasteiger partial charge in [0.05, 0.1) is 23.9 Å². The first kappa shape index (κ1) is 17.1. The van der Waals surface area contributed by atoms with E-state index in [2.05, 4.69) is 9.82 Å². The molecule has 1 heterocycles. The smallest absolute Gasteiger partial charge is 0.325 e. The zero-order valence-corrected chi connectivity index (χ0v) is 12.9. The molecule has 0 radical (unpaired) electrons. The fourth-order valence-electron chi connectivity index (χ4n) is 2.01. The number of carbonyl (C=O) groups is 1. The molecule has 9 heteroatoms. The lowest BCUT2D eigenvalue weighted by Crippen LogP contribution is -2.34. The van der Waals surface area contributed by atoms with E-state index < -0.39 is 28.6 Å². The van der Waals surface area contributed by atoms with E-state index in [1.54, 1.807) is 6.92 Å². The van der Waals surface area contributed by atoms with Crippen LogP contribution in [0.4, 0.5) is 0 Å². The summed E-state index contributed by atoms with van der Waals surface area (Å²) in [5.74, 6) is -1.10. The average Bonchev–Trinajstić information content (AvgIpc) is 2.63. The highest BCUT2D eigenvalue weighted by Gasteiger charge is 2.27. The Kier molecular flexibility index (Phi) is 5.46. The van der Waals surface area contributed by atoms with Crippen molar-refractivity contribution in [1.29, 1.82) is 5.26 Å². The largest absolute Gasteiger partial charge is 0.480 e. The lowest BCUT2D eigenvalue weighted by atomic mass is 10.2. The number of carboxylic acid groups (broad SMARTS) is 1. The molecule has 0 fully saturated rings. The van der Waals surface area contributed by atoms with Crippen molar-refractivity contribution in [2.45, 2.75) is 51.1 Å². The van der Waals surface area contributed by atoms with Crippen LogP contribution in [0, 0.1) is 25.2 Å². The topological polar surface area (TPSA) is 125 Å². The molecular formula is C12H18N4O4S. The lowest BCUT2D eigenvalue weighted by molar-refractivity contribution is -0.137. The summed E-state index contributed by atoms with van der Waals surface area (Å²) in [6.07, 6.45) is 0.547. The molecule has 0 aliphatic heterocycles. The van der Waals surface area contributed by atoms with Crippen molar-refractivity contribution in [3.8, 4) is 6.07 Å². The summed E-state index contributed by atoms with van der Waals surface area (Å²) in [5, 5.41) is 21.4. The monoisotopic (exact) mass is 314 g/mol. The predicted molar refractivity (Wildman–Crippen MR) is 74.0 cm³/mol. The highest BCUT2D eigenvalue weighted by molar-refractivity contribution is 7.89. The Balaban J connectivity index is 3.17. The molecule has 1 aromatic heterocycles. The third kappa shape index (κ3) is 4.03. The Morgan fingerprint density at radius 3 is 2.62 bits per heavy atom. The van der Waals surface area contributed by atoms with E-state index in [0.29, 0.717) is 6.42 Å². The van der Waals surface area contributed by atoms with Gasteiger partial charge < -0.3 is 5.11 Å². The van der Waals surface area contributed by atoms with Crippen LogP contribution in [-0.4, -0.2) is 35.3 Å². The minimum Gasteiger partial charge on any atom is -0.480 e. The Morgan fingerprint density at radius 2 is 2.14 bits per heavy atom. The minimum atomic E-state index is -3.85. The molecule has 0 aliphatic carbocycles. The summed E-state index contributed by atoms with van der Waals surface area (Å²) in [4.78, 5) is 10.7. The van der Waals surface area contributed by atoms with Crippen LogP contribution in [0.5, 0.6) is 0 Å². The van der Waals surface area contributed by atoms with Gasteiger partial charge in [-0.25, -0.2) is 13.1 Å². The third-order valence-electron chi connectivity index (χ3n) is 3.02. The van der Waals surface area contributed by atoms with Gasteiger partial charge in [0.2, 0.25) is 10.0 Å². The average molecular weight is 314 g/mol. The lowest BCUT2D eigenvalue weighted by Gasteiger charge is -2.14. The summed E-state index contributed by atoms with van der Waals surface area (Å²) in [6.45, 7) is 4.38. The number of hydrogen-bond donors (Lipinski definition) is 2. The SMILES string of the molecule is CCC(CC#N)NS(=O)(=O)c1c(C)nn(CC(=O)O)c1C. The number of aromatic nitrogens is 2. The fourth-order valence-corrected chi connectivity index (χ4v) is 3.74. The van der Waals surface area contributed by atoms with Crippen molar-refractivity contribution in [3.05, 3.63) is 11.4 Å². The Bertz CT molecular complexity index is 672. The van der Waals surface area contributed by atoms with Gasteiger partial charge in [-0.05, 0) is 20.3 Å². The Morgan fingerprint density at radius 1 is 1.52 bits per heavy atom. The van der Waals surface area contributed by atoms with Crippen molar-refractivity contribution >= 4 is 16.0 Å². The molecule has 2 N–H and O–H groups in total. The van der Waals surface area contributed by atoms with Crippen molar-refractivity contribution in [2.24, 2.45) is 0 Å². The summed E-state index contributed by atoms with van der Waals surface area (Å²) in [6, 6.07) is 1.44. The van der Waals surface area contributed by atoms with Gasteiger partial charge >= 0.3 is 5.97 Å². The molecule has 0 bridgehead atoms. The number of aliphatic carboxylic acids is 1. The van der Waals surface area contributed by atoms with Crippen LogP contribution in [0.25, 0.3) is 0 Å². The van der Waals surface area contributed by atoms with Crippen LogP contribution in [0.2, 0.25) is 0 Å². The van der Waals surface area contributed by atoms with Gasteiger partial charge in [-0.15, -0.1) is 0 Å². The van der Waals surface area contributed by atoms with E-state index in [9.17, 15) is 13.2 Å². The van der Waals surface area contributed by atoms with Gasteiger partial charge in [-0.2, -0.15) is 10.4 Å². The third-order valence-corrected chi connectivity index (χ3v) is 4.79. The number of nitrogens with one attached hydrogen (secondary N) is 1. The van der Waals surface area contributed by atoms with Crippen LogP contribution >= 0.6 is 0 Å². The molecule has 21 heavy (non-hydrogen) atoms. The highest BCUT2D eigenvalue weighted by Crippen LogP contribution is 2.20. The van der Waals surface area contributed by atoms with Crippen LogP contribution < -0.4 is 4.72 Å². The zero-order chi connectivity index (χ0) is 16.2. The van der Waals surface area contributed by atoms with E-state index in [-0.39, 0.29) is 22.7 Å². The first-order valence-corrected chi connectivity index (χ1v) is 7.86. The molecule has 0 saturated heterocycles. The molecule has 0 aromatic carbocycles. The quantitative estimate of drug-likeness (QED) is 0.757. The molecular weight excluding hydrogens is 296 g/mol. The minimum absolute atomic E-state index is 0.0276. The Labute approximate surface area is 123 Å². The normalized spacial score (nSPS) is 12.9. The molecule has 8 nitrogen and oxygen atoms in total. The van der Waals surface area contributed by atoms with Crippen LogP contribution in [0.3, 0.4) is 0 Å². The van der Waals surface area contributed by atoms with E-state index >= 15 is 0 Å². The number of sulfonamides is 1. The standard InChI is InChI=1S/C12H18N4O4S/c1-4-10(5-6-13)15-21(19,20)12-8(2)14-16(9(12)3)7-11(17)18/h10,15H,4-5,7H2,1-3H3,(H,17,18). The van der Waals surface area contributed by atoms with E-state index in [1.807, 2.05) is 6.07 Å². The fraction of sp³-hybridized carbons (Fsp3) is 0.583. The molecule has 1 unspecified atom stereocenters. The first-order chi connectivity index (χ1) is 9.72. The van der Waals surface area contributed by atoms with Crippen molar-refractivity contribution in [2.75, 3.05) is 0 Å². The van der Waals surface area contributed by atoms with E-state index in [4.69, 9.17) is 10.4 Å². The second-order valence-electron chi connectivity index (χ2n) is 4.64. The number of hydrogen-bond acceptors (Lipinski definition) is 5. The van der Waals surface area contributed by atoms with Gasteiger partial charge in [0.25, 0.3) is 0 Å². The maximum Gasteiger partial charge on any atom is 0.325 e. The second-order valence-corrected chi connectivity index (χ2v) is 6.29. The summed E-state index contributed by atoms with van der Waals surface area (Å²) >= 11 is 0. The highest BCUT2D eigenvalue weighted by atomic mass is 32.2. The van der Waals surface area contributed by atoms with Gasteiger partial charge in [-0.3, -0.25) is 9.48 Å². The Hall–Kier alpha value is -1.92. The molecule has 1 aromatic rings. The number of nitriles is 1. The zero-order valence-electron chi connectivity index (χ0n) is 12.1. The van der Waals surface area contributed by atoms with E-state index in [0.717, 1.165) is 4.68 Å². The first-order valence-electron chi connectivity index (χ1n) is 6.38. The van der Waals surface area contributed by atoms with Gasteiger partial charge in [-0.1, -0.05) is 6.92 Å². The predicted octanol–water partition coefficient (Wildman–Crippen LogP) is 0.555. The number of aryl methyl sites for hydroxylation is 1. The van der Waals surface area contributed by atoms with Gasteiger partial charge in [0, 0.05) is 6.04 Å². The van der Waals surface area contributed by atoms with Crippen LogP contribution in [0.1, 0.15) is 31.2 Å². The number of rotatable bonds is 7. The summed E-state index contributed by atoms with van der Waals surface area (Å²) in [5.41, 5.74) is 0.488. The molecule has 116 valence electrons. The van der Waals surface area contributed by atoms with Crippen molar-refractivity contribution in [3.63, 3.8) is 0 Å². The van der Waals surface area contributed by atoms with Gasteiger partial charge in [0.1, 0.15) is 11.4 Å².